The van der Waals surface area contributed by atoms with E-state index in [2.05, 4.69) is 28.1 Å². The van der Waals surface area contributed by atoms with E-state index in [1.807, 2.05) is 19.3 Å². The van der Waals surface area contributed by atoms with Crippen molar-refractivity contribution in [2.24, 2.45) is 5.92 Å². The predicted octanol–water partition coefficient (Wildman–Crippen LogP) is 3.55. The van der Waals surface area contributed by atoms with Crippen LogP contribution in [-0.4, -0.2) is 17.8 Å². The van der Waals surface area contributed by atoms with Gasteiger partial charge in [-0.1, -0.05) is 18.9 Å². The van der Waals surface area contributed by atoms with Gasteiger partial charge in [-0.05, 0) is 30.6 Å². The van der Waals surface area contributed by atoms with Gasteiger partial charge in [0.1, 0.15) is 5.82 Å². The van der Waals surface area contributed by atoms with E-state index in [0.717, 1.165) is 17.5 Å². The van der Waals surface area contributed by atoms with Crippen molar-refractivity contribution in [1.29, 1.82) is 0 Å². The molecule has 0 amide bonds. The van der Waals surface area contributed by atoms with Crippen molar-refractivity contribution >= 4 is 17.6 Å². The summed E-state index contributed by atoms with van der Waals surface area (Å²) in [6.45, 7) is 0. The molecular formula is C13H20N2S. The highest BCUT2D eigenvalue weighted by molar-refractivity contribution is 7.98. The Kier molecular flexibility index (Phi) is 4.52. The molecule has 1 aromatic rings. The summed E-state index contributed by atoms with van der Waals surface area (Å²) in [7, 11) is 1.94. The van der Waals surface area contributed by atoms with Crippen LogP contribution in [-0.2, 0) is 5.75 Å². The molecule has 0 bridgehead atoms. The van der Waals surface area contributed by atoms with Crippen LogP contribution in [0.2, 0.25) is 0 Å². The summed E-state index contributed by atoms with van der Waals surface area (Å²) in [6.07, 6.45) is 7.62. The van der Waals surface area contributed by atoms with Crippen LogP contribution >= 0.6 is 11.8 Å². The molecule has 2 rings (SSSR count). The van der Waals surface area contributed by atoms with Gasteiger partial charge in [0.2, 0.25) is 0 Å². The van der Waals surface area contributed by atoms with Crippen molar-refractivity contribution in [2.75, 3.05) is 18.1 Å². The smallest absolute Gasteiger partial charge is 0.129 e. The third kappa shape index (κ3) is 3.14. The average Bonchev–Trinajstić information content (AvgIpc) is 2.83. The normalized spacial score (nSPS) is 16.6. The van der Waals surface area contributed by atoms with E-state index in [0.29, 0.717) is 0 Å². The molecule has 88 valence electrons. The van der Waals surface area contributed by atoms with E-state index < -0.39 is 0 Å². The first-order valence-corrected chi connectivity index (χ1v) is 7.25. The number of anilines is 1. The lowest BCUT2D eigenvalue weighted by molar-refractivity contribution is 0.623. The molecule has 1 aromatic heterocycles. The summed E-state index contributed by atoms with van der Waals surface area (Å²) in [6, 6.07) is 4.19. The first-order valence-electron chi connectivity index (χ1n) is 6.09. The Morgan fingerprint density at radius 1 is 1.44 bits per heavy atom. The second-order valence-corrected chi connectivity index (χ2v) is 5.46. The molecule has 1 saturated carbocycles. The van der Waals surface area contributed by atoms with Gasteiger partial charge in [0.05, 0.1) is 0 Å². The number of aromatic nitrogens is 1. The summed E-state index contributed by atoms with van der Waals surface area (Å²) in [5.41, 5.74) is 1.33. The highest BCUT2D eigenvalue weighted by atomic mass is 32.2. The van der Waals surface area contributed by atoms with Crippen molar-refractivity contribution in [3.8, 4) is 0 Å². The predicted molar refractivity (Wildman–Crippen MR) is 71.9 cm³/mol. The van der Waals surface area contributed by atoms with Gasteiger partial charge in [-0.3, -0.25) is 0 Å². The maximum absolute atomic E-state index is 4.32. The molecule has 0 atom stereocenters. The van der Waals surface area contributed by atoms with E-state index in [4.69, 9.17) is 0 Å². The average molecular weight is 236 g/mol. The third-order valence-corrected chi connectivity index (χ3v) is 4.44. The molecule has 1 fully saturated rings. The molecule has 3 heteroatoms. The molecule has 1 aliphatic rings. The molecule has 0 spiro atoms. The quantitative estimate of drug-likeness (QED) is 0.846. The SMILES string of the molecule is CNc1ncccc1CSCC1CCCC1. The second kappa shape index (κ2) is 6.14. The zero-order valence-corrected chi connectivity index (χ0v) is 10.7. The molecule has 1 heterocycles. The zero-order chi connectivity index (χ0) is 11.2. The van der Waals surface area contributed by atoms with E-state index in [-0.39, 0.29) is 0 Å². The number of nitrogens with zero attached hydrogens (tertiary/aromatic N) is 1. The number of nitrogens with one attached hydrogen (secondary N) is 1. The topological polar surface area (TPSA) is 24.9 Å². The molecule has 1 N–H and O–H groups in total. The number of rotatable bonds is 5. The highest BCUT2D eigenvalue weighted by Crippen LogP contribution is 2.29. The lowest BCUT2D eigenvalue weighted by Gasteiger charge is -2.10. The van der Waals surface area contributed by atoms with Crippen LogP contribution in [0.5, 0.6) is 0 Å². The van der Waals surface area contributed by atoms with Crippen molar-refractivity contribution in [1.82, 2.24) is 4.98 Å². The van der Waals surface area contributed by atoms with Crippen molar-refractivity contribution < 1.29 is 0 Å². The van der Waals surface area contributed by atoms with E-state index >= 15 is 0 Å². The Balaban J connectivity index is 1.79. The Hall–Kier alpha value is -0.700. The van der Waals surface area contributed by atoms with Crippen LogP contribution in [0.3, 0.4) is 0 Å². The Morgan fingerprint density at radius 3 is 3.00 bits per heavy atom. The van der Waals surface area contributed by atoms with Gasteiger partial charge in [0, 0.05) is 24.6 Å². The molecule has 16 heavy (non-hydrogen) atoms. The van der Waals surface area contributed by atoms with Crippen LogP contribution in [0.25, 0.3) is 0 Å². The fourth-order valence-corrected chi connectivity index (χ4v) is 3.53. The first-order chi connectivity index (χ1) is 7.90. The van der Waals surface area contributed by atoms with Crippen LogP contribution in [0.4, 0.5) is 5.82 Å². The molecule has 1 aliphatic carbocycles. The van der Waals surface area contributed by atoms with Gasteiger partial charge in [0.15, 0.2) is 0 Å². The number of pyridine rings is 1. The zero-order valence-electron chi connectivity index (χ0n) is 9.91. The summed E-state index contributed by atoms with van der Waals surface area (Å²) in [5.74, 6) is 4.40. The standard InChI is InChI=1S/C13H20N2S/c1-14-13-12(7-4-8-15-13)10-16-9-11-5-2-3-6-11/h4,7-8,11H,2-3,5-6,9-10H2,1H3,(H,14,15). The van der Waals surface area contributed by atoms with Gasteiger partial charge >= 0.3 is 0 Å². The van der Waals surface area contributed by atoms with Gasteiger partial charge in [0.25, 0.3) is 0 Å². The fraction of sp³-hybridized carbons (Fsp3) is 0.615. The molecule has 0 aromatic carbocycles. The van der Waals surface area contributed by atoms with Crippen LogP contribution in [0.15, 0.2) is 18.3 Å². The summed E-state index contributed by atoms with van der Waals surface area (Å²) in [5, 5.41) is 3.15. The van der Waals surface area contributed by atoms with Crippen LogP contribution in [0, 0.1) is 5.92 Å². The highest BCUT2D eigenvalue weighted by Gasteiger charge is 2.14. The Labute approximate surface area is 102 Å². The maximum Gasteiger partial charge on any atom is 0.129 e. The summed E-state index contributed by atoms with van der Waals surface area (Å²) < 4.78 is 0. The van der Waals surface area contributed by atoms with Gasteiger partial charge in [-0.25, -0.2) is 4.98 Å². The minimum absolute atomic E-state index is 0.972. The summed E-state index contributed by atoms with van der Waals surface area (Å²) >= 11 is 2.05. The number of thioether (sulfide) groups is 1. The van der Waals surface area contributed by atoms with Crippen LogP contribution < -0.4 is 5.32 Å². The number of hydrogen-bond acceptors (Lipinski definition) is 3. The lowest BCUT2D eigenvalue weighted by Crippen LogP contribution is -2.00. The fourth-order valence-electron chi connectivity index (χ4n) is 2.29. The maximum atomic E-state index is 4.32. The molecule has 0 saturated heterocycles. The third-order valence-electron chi connectivity index (χ3n) is 3.21. The number of hydrogen-bond donors (Lipinski definition) is 1. The molecule has 0 unspecified atom stereocenters. The first kappa shape index (κ1) is 11.8. The Bertz CT molecular complexity index is 321. The lowest BCUT2D eigenvalue weighted by atomic mass is 10.1. The van der Waals surface area contributed by atoms with Crippen molar-refractivity contribution in [3.05, 3.63) is 23.9 Å². The van der Waals surface area contributed by atoms with Crippen LogP contribution in [0.1, 0.15) is 31.2 Å². The molecular weight excluding hydrogens is 216 g/mol. The minimum atomic E-state index is 0.972. The van der Waals surface area contributed by atoms with Crippen molar-refractivity contribution in [2.45, 2.75) is 31.4 Å². The molecule has 2 nitrogen and oxygen atoms in total. The molecule has 0 radical (unpaired) electrons. The molecule has 0 aliphatic heterocycles. The minimum Gasteiger partial charge on any atom is -0.373 e. The van der Waals surface area contributed by atoms with Crippen molar-refractivity contribution in [3.63, 3.8) is 0 Å². The van der Waals surface area contributed by atoms with E-state index in [1.165, 1.54) is 37.0 Å². The summed E-state index contributed by atoms with van der Waals surface area (Å²) in [4.78, 5) is 4.32. The van der Waals surface area contributed by atoms with E-state index in [1.54, 1.807) is 0 Å². The van der Waals surface area contributed by atoms with Gasteiger partial charge < -0.3 is 5.32 Å². The van der Waals surface area contributed by atoms with Gasteiger partial charge in [-0.15, -0.1) is 0 Å². The van der Waals surface area contributed by atoms with Gasteiger partial charge in [-0.2, -0.15) is 11.8 Å². The van der Waals surface area contributed by atoms with E-state index in [9.17, 15) is 0 Å². The largest absolute Gasteiger partial charge is 0.373 e. The second-order valence-electron chi connectivity index (χ2n) is 4.43. The monoisotopic (exact) mass is 236 g/mol. The Morgan fingerprint density at radius 2 is 2.25 bits per heavy atom.